The van der Waals surface area contributed by atoms with Gasteiger partial charge >= 0.3 is 5.97 Å². The highest BCUT2D eigenvalue weighted by Gasteiger charge is 2.75. The van der Waals surface area contributed by atoms with Crippen LogP contribution < -0.4 is 0 Å². The first kappa shape index (κ1) is 26.1. The van der Waals surface area contributed by atoms with Crippen molar-refractivity contribution in [2.45, 2.75) is 112 Å². The van der Waals surface area contributed by atoms with Crippen molar-refractivity contribution in [2.75, 3.05) is 0 Å². The number of esters is 1. The summed E-state index contributed by atoms with van der Waals surface area (Å²) in [5, 5.41) is 0. The number of furan rings is 1. The smallest absolute Gasteiger partial charge is 0.312 e. The Morgan fingerprint density at radius 3 is 2.31 bits per heavy atom. The molecule has 1 aliphatic heterocycles. The lowest BCUT2D eigenvalue weighted by Crippen LogP contribution is -2.67. The Morgan fingerprint density at radius 1 is 0.846 bits per heavy atom. The summed E-state index contributed by atoms with van der Waals surface area (Å²) in [5.74, 6) is 3.03. The van der Waals surface area contributed by atoms with E-state index in [0.717, 1.165) is 49.9 Å². The number of hydrogen-bond acceptors (Lipinski definition) is 4. The molecule has 0 radical (unpaired) electrons. The van der Waals surface area contributed by atoms with Crippen molar-refractivity contribution in [3.8, 4) is 0 Å². The Morgan fingerprint density at radius 2 is 1.59 bits per heavy atom. The molecule has 212 valence electrons. The molecule has 6 fully saturated rings. The van der Waals surface area contributed by atoms with Gasteiger partial charge in [-0.1, -0.05) is 48.5 Å². The number of ketones is 1. The van der Waals surface area contributed by atoms with E-state index in [2.05, 4.69) is 48.5 Å². The number of rotatable bonds is 1. The first-order chi connectivity index (χ1) is 18.2. The van der Waals surface area contributed by atoms with E-state index in [0.29, 0.717) is 29.5 Å². The molecule has 1 aromatic rings. The average molecular weight is 533 g/mol. The van der Waals surface area contributed by atoms with Crippen LogP contribution in [0.5, 0.6) is 0 Å². The number of carbonyl (C=O) groups is 2. The van der Waals surface area contributed by atoms with Gasteiger partial charge in [-0.25, -0.2) is 0 Å². The maximum Gasteiger partial charge on any atom is 0.312 e. The van der Waals surface area contributed by atoms with E-state index >= 15 is 0 Å². The minimum atomic E-state index is -0.381. The summed E-state index contributed by atoms with van der Waals surface area (Å²) in [5.41, 5.74) is 0.787. The summed E-state index contributed by atoms with van der Waals surface area (Å²) in [7, 11) is 0. The number of Topliss-reactive ketones (excluding diaryl/α,β-unsaturated/α-hetero) is 1. The number of fused-ring (bicyclic) bond motifs is 5. The minimum absolute atomic E-state index is 0.0548. The van der Waals surface area contributed by atoms with Gasteiger partial charge < -0.3 is 9.15 Å². The lowest BCUT2D eigenvalue weighted by Gasteiger charge is -2.72. The van der Waals surface area contributed by atoms with Gasteiger partial charge in [0, 0.05) is 16.7 Å². The maximum atomic E-state index is 13.9. The van der Waals surface area contributed by atoms with E-state index in [-0.39, 0.29) is 44.6 Å². The first-order valence-electron chi connectivity index (χ1n) is 15.7. The fourth-order valence-electron chi connectivity index (χ4n) is 12.3. The molecule has 0 amide bonds. The van der Waals surface area contributed by atoms with Crippen LogP contribution in [-0.4, -0.2) is 17.9 Å². The summed E-state index contributed by atoms with van der Waals surface area (Å²) in [6.45, 7) is 16.8. The highest BCUT2D eigenvalue weighted by molar-refractivity contribution is 6.04. The molecule has 6 aliphatic rings. The van der Waals surface area contributed by atoms with Gasteiger partial charge in [0.2, 0.25) is 0 Å². The van der Waals surface area contributed by atoms with Crippen molar-refractivity contribution in [3.05, 3.63) is 29.7 Å². The molecule has 5 saturated carbocycles. The van der Waals surface area contributed by atoms with Gasteiger partial charge in [-0.05, 0) is 116 Å². The van der Waals surface area contributed by atoms with E-state index in [4.69, 9.17) is 9.15 Å². The van der Waals surface area contributed by atoms with Crippen molar-refractivity contribution >= 4 is 17.8 Å². The highest BCUT2D eigenvalue weighted by atomic mass is 16.6. The number of hydrogen-bond donors (Lipinski definition) is 0. The van der Waals surface area contributed by atoms with E-state index in [1.807, 2.05) is 18.2 Å². The minimum Gasteiger partial charge on any atom is -0.465 e. The highest BCUT2D eigenvalue weighted by Crippen LogP contribution is 2.78. The van der Waals surface area contributed by atoms with E-state index in [1.54, 1.807) is 6.26 Å². The van der Waals surface area contributed by atoms with Crippen LogP contribution in [0.2, 0.25) is 0 Å². The lowest BCUT2D eigenvalue weighted by molar-refractivity contribution is -0.236. The Bertz CT molecular complexity index is 1250. The zero-order valence-electron chi connectivity index (χ0n) is 25.2. The van der Waals surface area contributed by atoms with Crippen LogP contribution in [0, 0.1) is 56.2 Å². The largest absolute Gasteiger partial charge is 0.465 e. The van der Waals surface area contributed by atoms with Crippen molar-refractivity contribution in [1.29, 1.82) is 0 Å². The van der Waals surface area contributed by atoms with Crippen molar-refractivity contribution in [3.63, 3.8) is 0 Å². The fraction of sp³-hybridized carbons (Fsp3) is 0.771. The predicted octanol–water partition coefficient (Wildman–Crippen LogP) is 8.26. The quantitative estimate of drug-likeness (QED) is 0.270. The second-order valence-electron chi connectivity index (χ2n) is 16.6. The summed E-state index contributed by atoms with van der Waals surface area (Å²) < 4.78 is 12.0. The third-order valence-electron chi connectivity index (χ3n) is 14.5. The molecule has 0 aromatic carbocycles. The summed E-state index contributed by atoms with van der Waals surface area (Å²) in [6, 6.07) is 3.86. The Hall–Kier alpha value is -1.84. The molecule has 1 saturated heterocycles. The molecule has 5 aliphatic carbocycles. The number of ether oxygens (including phenoxy) is 1. The van der Waals surface area contributed by atoms with Crippen LogP contribution in [-0.2, 0) is 14.3 Å². The summed E-state index contributed by atoms with van der Waals surface area (Å²) >= 11 is 0. The third kappa shape index (κ3) is 3.02. The zero-order chi connectivity index (χ0) is 27.8. The van der Waals surface area contributed by atoms with Gasteiger partial charge in [0.25, 0.3) is 0 Å². The topological polar surface area (TPSA) is 56.5 Å². The summed E-state index contributed by atoms with van der Waals surface area (Å²) in [6.07, 6.45) is 13.5. The molecular formula is C35H48O4. The molecule has 4 nitrogen and oxygen atoms in total. The van der Waals surface area contributed by atoms with Crippen molar-refractivity contribution in [1.82, 2.24) is 0 Å². The molecule has 0 spiro atoms. The Kier molecular flexibility index (Phi) is 5.15. The van der Waals surface area contributed by atoms with Crippen LogP contribution in [0.25, 0.3) is 6.08 Å². The van der Waals surface area contributed by atoms with Gasteiger partial charge in [0.05, 0.1) is 11.7 Å². The SMILES string of the molecule is CC1(C)CC[C@]23CC[C@]4(C)[C@H](CC[C@@H]5[C@@]6(C)C/C(=C/c7ccco7)C(=O)C(C)(C)[C@@H]6CC[C@]54C)[C@H]2[C@H]1OC3=O. The van der Waals surface area contributed by atoms with Crippen LogP contribution >= 0.6 is 0 Å². The molecule has 0 unspecified atom stereocenters. The van der Waals surface area contributed by atoms with Gasteiger partial charge in [0.15, 0.2) is 5.78 Å². The fourth-order valence-corrected chi connectivity index (χ4v) is 12.3. The predicted molar refractivity (Wildman–Crippen MR) is 151 cm³/mol. The van der Waals surface area contributed by atoms with Gasteiger partial charge in [-0.2, -0.15) is 0 Å². The van der Waals surface area contributed by atoms with Gasteiger partial charge in [-0.3, -0.25) is 9.59 Å². The normalized spacial score (nSPS) is 50.4. The molecule has 9 atom stereocenters. The molecule has 0 N–H and O–H groups in total. The standard InChI is InChI=1S/C35H48O4/c1-30(2)14-16-35-17-15-33(6)23(26(35)28(30)39-29(35)37)10-11-25-32(5)20-21(19-22-9-8-18-38-22)27(36)31(3,4)24(32)12-13-34(25,33)7/h8-9,18-19,23-26,28H,10-17,20H2,1-7H3/b21-19-/t23-,24+,25-,26+,28-,32+,33-,34-,35+/m1/s1. The molecule has 2 heterocycles. The molecule has 4 heteroatoms. The molecule has 39 heavy (non-hydrogen) atoms. The van der Waals surface area contributed by atoms with Crippen LogP contribution in [0.4, 0.5) is 0 Å². The Balaban J connectivity index is 1.30. The summed E-state index contributed by atoms with van der Waals surface area (Å²) in [4.78, 5) is 27.4. The number of carbonyl (C=O) groups excluding carboxylic acids is 2. The Labute approximate surface area is 234 Å². The van der Waals surface area contributed by atoms with Crippen molar-refractivity contribution in [2.24, 2.45) is 56.2 Å². The van der Waals surface area contributed by atoms with Crippen LogP contribution in [0.15, 0.2) is 28.4 Å². The van der Waals surface area contributed by atoms with Crippen LogP contribution in [0.3, 0.4) is 0 Å². The van der Waals surface area contributed by atoms with E-state index < -0.39 is 0 Å². The maximum absolute atomic E-state index is 13.9. The van der Waals surface area contributed by atoms with E-state index in [9.17, 15) is 9.59 Å². The number of allylic oxidation sites excluding steroid dienone is 1. The average Bonchev–Trinajstić information content (AvgIpc) is 3.46. The van der Waals surface area contributed by atoms with Gasteiger partial charge in [-0.15, -0.1) is 0 Å². The monoisotopic (exact) mass is 532 g/mol. The third-order valence-corrected chi connectivity index (χ3v) is 14.5. The molecule has 2 bridgehead atoms. The second-order valence-corrected chi connectivity index (χ2v) is 16.6. The molecular weight excluding hydrogens is 484 g/mol. The first-order valence-corrected chi connectivity index (χ1v) is 15.7. The molecule has 1 aromatic heterocycles. The van der Waals surface area contributed by atoms with E-state index in [1.165, 1.54) is 19.3 Å². The molecule has 7 rings (SSSR count). The van der Waals surface area contributed by atoms with Crippen LogP contribution in [0.1, 0.15) is 112 Å². The lowest BCUT2D eigenvalue weighted by atomic mass is 9.31. The van der Waals surface area contributed by atoms with Crippen molar-refractivity contribution < 1.29 is 18.7 Å². The van der Waals surface area contributed by atoms with Gasteiger partial charge in [0.1, 0.15) is 11.9 Å². The second kappa shape index (κ2) is 7.71. The zero-order valence-corrected chi connectivity index (χ0v) is 25.2.